The standard InChI is InChI=1S/C15H25N3O3/c1-4-21-15(19)13-11-12(5-6-14(13)16)17-7-9-20-10-8-18(2)3/h5-6,11,17H,4,7-10,16H2,1-3H3. The number of likely N-dealkylation sites (N-methyl/N-ethyl adjacent to an activating group) is 1. The van der Waals surface area contributed by atoms with E-state index in [9.17, 15) is 4.79 Å². The molecule has 0 unspecified atom stereocenters. The molecule has 0 aliphatic rings. The molecule has 118 valence electrons. The van der Waals surface area contributed by atoms with E-state index in [1.165, 1.54) is 0 Å². The summed E-state index contributed by atoms with van der Waals surface area (Å²) < 4.78 is 10.5. The molecule has 6 nitrogen and oxygen atoms in total. The number of hydrogen-bond donors (Lipinski definition) is 2. The molecule has 1 aromatic carbocycles. The van der Waals surface area contributed by atoms with Crippen LogP contribution in [0.3, 0.4) is 0 Å². The number of rotatable bonds is 9. The number of nitrogens with two attached hydrogens (primary N) is 1. The van der Waals surface area contributed by atoms with Crippen LogP contribution in [0.4, 0.5) is 11.4 Å². The Balaban J connectivity index is 2.42. The van der Waals surface area contributed by atoms with Crippen LogP contribution in [0.2, 0.25) is 0 Å². The molecule has 21 heavy (non-hydrogen) atoms. The van der Waals surface area contributed by atoms with E-state index in [0.29, 0.717) is 37.6 Å². The summed E-state index contributed by atoms with van der Waals surface area (Å²) in [5.74, 6) is -0.402. The summed E-state index contributed by atoms with van der Waals surface area (Å²) >= 11 is 0. The Morgan fingerprint density at radius 3 is 2.76 bits per heavy atom. The summed E-state index contributed by atoms with van der Waals surface area (Å²) in [5.41, 5.74) is 7.41. The number of nitrogens with zero attached hydrogens (tertiary/aromatic N) is 1. The first-order chi connectivity index (χ1) is 10.0. The molecule has 1 rings (SSSR count). The molecular formula is C15H25N3O3. The number of esters is 1. The second-order valence-electron chi connectivity index (χ2n) is 4.86. The van der Waals surface area contributed by atoms with Gasteiger partial charge in [-0.1, -0.05) is 0 Å². The first kappa shape index (κ1) is 17.3. The lowest BCUT2D eigenvalue weighted by molar-refractivity contribution is 0.0527. The third-order valence-electron chi connectivity index (χ3n) is 2.81. The van der Waals surface area contributed by atoms with Crippen molar-refractivity contribution in [3.05, 3.63) is 23.8 Å². The predicted octanol–water partition coefficient (Wildman–Crippen LogP) is 1.44. The van der Waals surface area contributed by atoms with E-state index in [4.69, 9.17) is 15.2 Å². The molecule has 0 radical (unpaired) electrons. The Labute approximate surface area is 126 Å². The first-order valence-corrected chi connectivity index (χ1v) is 7.07. The van der Waals surface area contributed by atoms with Gasteiger partial charge in [-0.25, -0.2) is 4.79 Å². The van der Waals surface area contributed by atoms with Crippen LogP contribution in [0.5, 0.6) is 0 Å². The van der Waals surface area contributed by atoms with Gasteiger partial charge in [-0.2, -0.15) is 0 Å². The van der Waals surface area contributed by atoms with Gasteiger partial charge < -0.3 is 25.4 Å². The van der Waals surface area contributed by atoms with Crippen molar-refractivity contribution in [2.45, 2.75) is 6.92 Å². The number of nitrogens with one attached hydrogen (secondary N) is 1. The number of anilines is 2. The molecule has 3 N–H and O–H groups in total. The van der Waals surface area contributed by atoms with Crippen molar-refractivity contribution in [2.75, 3.05) is 58.1 Å². The molecule has 0 aromatic heterocycles. The Bertz CT molecular complexity index is 450. The van der Waals surface area contributed by atoms with E-state index in [1.807, 2.05) is 20.2 Å². The quantitative estimate of drug-likeness (QED) is 0.408. The van der Waals surface area contributed by atoms with Crippen LogP contribution in [0, 0.1) is 0 Å². The van der Waals surface area contributed by atoms with Crippen molar-refractivity contribution in [1.29, 1.82) is 0 Å². The third kappa shape index (κ3) is 6.46. The van der Waals surface area contributed by atoms with Gasteiger partial charge in [0.15, 0.2) is 0 Å². The second kappa shape index (κ2) is 9.20. The third-order valence-corrected chi connectivity index (χ3v) is 2.81. The maximum atomic E-state index is 11.7. The lowest BCUT2D eigenvalue weighted by Gasteiger charge is -2.12. The number of carbonyl (C=O) groups excluding carboxylic acids is 1. The molecule has 6 heteroatoms. The fourth-order valence-corrected chi connectivity index (χ4v) is 1.67. The van der Waals surface area contributed by atoms with Gasteiger partial charge in [0.2, 0.25) is 0 Å². The zero-order chi connectivity index (χ0) is 15.7. The van der Waals surface area contributed by atoms with E-state index >= 15 is 0 Å². The topological polar surface area (TPSA) is 76.8 Å². The SMILES string of the molecule is CCOC(=O)c1cc(NCCOCCN(C)C)ccc1N. The molecule has 0 saturated heterocycles. The molecule has 0 bridgehead atoms. The first-order valence-electron chi connectivity index (χ1n) is 7.07. The maximum absolute atomic E-state index is 11.7. The number of benzene rings is 1. The summed E-state index contributed by atoms with van der Waals surface area (Å²) in [6.45, 7) is 4.96. The van der Waals surface area contributed by atoms with Crippen molar-refractivity contribution < 1.29 is 14.3 Å². The molecule has 0 heterocycles. The summed E-state index contributed by atoms with van der Waals surface area (Å²) in [4.78, 5) is 13.8. The smallest absolute Gasteiger partial charge is 0.340 e. The van der Waals surface area contributed by atoms with Gasteiger partial charge in [0.25, 0.3) is 0 Å². The van der Waals surface area contributed by atoms with E-state index < -0.39 is 5.97 Å². The molecule has 0 aliphatic carbocycles. The van der Waals surface area contributed by atoms with Gasteiger partial charge in [-0.05, 0) is 39.2 Å². The van der Waals surface area contributed by atoms with Crippen molar-refractivity contribution >= 4 is 17.3 Å². The molecular weight excluding hydrogens is 270 g/mol. The van der Waals surface area contributed by atoms with E-state index in [1.54, 1.807) is 19.1 Å². The van der Waals surface area contributed by atoms with Gasteiger partial charge in [0.1, 0.15) is 0 Å². The van der Waals surface area contributed by atoms with Crippen LogP contribution in [0.25, 0.3) is 0 Å². The van der Waals surface area contributed by atoms with Crippen molar-refractivity contribution in [3.8, 4) is 0 Å². The van der Waals surface area contributed by atoms with Crippen LogP contribution in [0.1, 0.15) is 17.3 Å². The monoisotopic (exact) mass is 295 g/mol. The van der Waals surface area contributed by atoms with Crippen molar-refractivity contribution in [1.82, 2.24) is 4.90 Å². The van der Waals surface area contributed by atoms with E-state index in [0.717, 1.165) is 12.2 Å². The lowest BCUT2D eigenvalue weighted by Crippen LogP contribution is -2.20. The summed E-state index contributed by atoms with van der Waals surface area (Å²) in [5, 5.41) is 3.20. The highest BCUT2D eigenvalue weighted by atomic mass is 16.5. The van der Waals surface area contributed by atoms with Gasteiger partial charge in [-0.3, -0.25) is 0 Å². The Morgan fingerprint density at radius 1 is 1.33 bits per heavy atom. The summed E-state index contributed by atoms with van der Waals surface area (Å²) in [6, 6.07) is 5.23. The van der Waals surface area contributed by atoms with E-state index in [-0.39, 0.29) is 0 Å². The fourth-order valence-electron chi connectivity index (χ4n) is 1.67. The average molecular weight is 295 g/mol. The van der Waals surface area contributed by atoms with Crippen molar-refractivity contribution in [3.63, 3.8) is 0 Å². The van der Waals surface area contributed by atoms with Crippen molar-refractivity contribution in [2.24, 2.45) is 0 Å². The van der Waals surface area contributed by atoms with Gasteiger partial charge in [0.05, 0.1) is 25.4 Å². The molecule has 1 aromatic rings. The van der Waals surface area contributed by atoms with Gasteiger partial charge in [-0.15, -0.1) is 0 Å². The highest BCUT2D eigenvalue weighted by Gasteiger charge is 2.11. The zero-order valence-corrected chi connectivity index (χ0v) is 13.0. The Kier molecular flexibility index (Phi) is 7.56. The van der Waals surface area contributed by atoms with Gasteiger partial charge >= 0.3 is 5.97 Å². The van der Waals surface area contributed by atoms with Crippen LogP contribution in [-0.2, 0) is 9.47 Å². The molecule has 0 amide bonds. The number of nitrogen functional groups attached to an aromatic ring is 1. The minimum atomic E-state index is -0.402. The van der Waals surface area contributed by atoms with Crippen LogP contribution >= 0.6 is 0 Å². The average Bonchev–Trinajstić information content (AvgIpc) is 2.44. The summed E-state index contributed by atoms with van der Waals surface area (Å²) in [7, 11) is 4.01. The van der Waals surface area contributed by atoms with Gasteiger partial charge in [0, 0.05) is 24.5 Å². The normalized spacial score (nSPS) is 10.7. The fraction of sp³-hybridized carbons (Fsp3) is 0.533. The number of ether oxygens (including phenoxy) is 2. The highest BCUT2D eigenvalue weighted by molar-refractivity contribution is 5.96. The summed E-state index contributed by atoms with van der Waals surface area (Å²) in [6.07, 6.45) is 0. The highest BCUT2D eigenvalue weighted by Crippen LogP contribution is 2.18. The Morgan fingerprint density at radius 2 is 2.10 bits per heavy atom. The minimum absolute atomic E-state index is 0.329. The Hall–Kier alpha value is -1.79. The largest absolute Gasteiger partial charge is 0.462 e. The maximum Gasteiger partial charge on any atom is 0.340 e. The molecule has 0 saturated carbocycles. The van der Waals surface area contributed by atoms with E-state index in [2.05, 4.69) is 10.2 Å². The molecule has 0 spiro atoms. The minimum Gasteiger partial charge on any atom is -0.462 e. The van der Waals surface area contributed by atoms with Crippen LogP contribution in [0.15, 0.2) is 18.2 Å². The molecule has 0 fully saturated rings. The zero-order valence-electron chi connectivity index (χ0n) is 13.0. The predicted molar refractivity (Wildman–Crippen MR) is 84.7 cm³/mol. The number of hydrogen-bond acceptors (Lipinski definition) is 6. The molecule has 0 atom stereocenters. The molecule has 0 aliphatic heterocycles. The number of carbonyl (C=O) groups is 1. The van der Waals surface area contributed by atoms with Crippen LogP contribution < -0.4 is 11.1 Å². The lowest BCUT2D eigenvalue weighted by atomic mass is 10.1. The van der Waals surface area contributed by atoms with Crippen LogP contribution in [-0.4, -0.2) is 57.9 Å². The second-order valence-corrected chi connectivity index (χ2v) is 4.86.